The van der Waals surface area contributed by atoms with Gasteiger partial charge in [-0.25, -0.2) is 12.8 Å². The van der Waals surface area contributed by atoms with E-state index in [0.29, 0.717) is 0 Å². The number of nitrogens with zero attached hydrogens (tertiary/aromatic N) is 1. The van der Waals surface area contributed by atoms with Crippen LogP contribution in [0.1, 0.15) is 39.5 Å². The van der Waals surface area contributed by atoms with Crippen molar-refractivity contribution in [1.29, 1.82) is 0 Å². The van der Waals surface area contributed by atoms with Crippen LogP contribution in [0.25, 0.3) is 0 Å². The molecule has 0 radical (unpaired) electrons. The Bertz CT molecular complexity index is 519. The van der Waals surface area contributed by atoms with E-state index in [0.717, 1.165) is 25.7 Å². The number of benzene rings is 1. The van der Waals surface area contributed by atoms with E-state index >= 15 is 0 Å². The minimum absolute atomic E-state index is 0.0788. The van der Waals surface area contributed by atoms with Crippen molar-refractivity contribution in [2.45, 2.75) is 56.5 Å². The second-order valence-corrected chi connectivity index (χ2v) is 7.16. The lowest BCUT2D eigenvalue weighted by Gasteiger charge is -2.31. The SMILES string of the molecule is CC(C)N(C1CCCC1)S(=O)(=O)c1ccc(F)cc1. The molecule has 3 nitrogen and oxygen atoms in total. The lowest BCUT2D eigenvalue weighted by atomic mass is 10.2. The Morgan fingerprint density at radius 2 is 1.68 bits per heavy atom. The van der Waals surface area contributed by atoms with Gasteiger partial charge in [0.1, 0.15) is 5.82 Å². The van der Waals surface area contributed by atoms with E-state index in [1.165, 1.54) is 24.3 Å². The average Bonchev–Trinajstić information content (AvgIpc) is 2.82. The molecule has 1 saturated carbocycles. The first kappa shape index (κ1) is 14.5. The highest BCUT2D eigenvalue weighted by molar-refractivity contribution is 7.89. The quantitative estimate of drug-likeness (QED) is 0.852. The van der Waals surface area contributed by atoms with Crippen LogP contribution in [-0.2, 0) is 10.0 Å². The molecule has 0 amide bonds. The topological polar surface area (TPSA) is 37.4 Å². The van der Waals surface area contributed by atoms with E-state index in [1.54, 1.807) is 4.31 Å². The van der Waals surface area contributed by atoms with Gasteiger partial charge in [0, 0.05) is 12.1 Å². The van der Waals surface area contributed by atoms with Crippen molar-refractivity contribution in [3.63, 3.8) is 0 Å². The monoisotopic (exact) mass is 285 g/mol. The molecule has 19 heavy (non-hydrogen) atoms. The van der Waals surface area contributed by atoms with E-state index in [-0.39, 0.29) is 17.0 Å². The van der Waals surface area contributed by atoms with Crippen LogP contribution in [0.3, 0.4) is 0 Å². The Hall–Kier alpha value is -0.940. The van der Waals surface area contributed by atoms with Crippen LogP contribution < -0.4 is 0 Å². The smallest absolute Gasteiger partial charge is 0.207 e. The predicted molar refractivity (Wildman–Crippen MR) is 72.8 cm³/mol. The average molecular weight is 285 g/mol. The molecule has 1 aromatic rings. The molecule has 1 aliphatic carbocycles. The Morgan fingerprint density at radius 3 is 2.16 bits per heavy atom. The highest BCUT2D eigenvalue weighted by atomic mass is 32.2. The molecule has 0 aromatic heterocycles. The fourth-order valence-corrected chi connectivity index (χ4v) is 4.66. The highest BCUT2D eigenvalue weighted by Gasteiger charge is 2.35. The summed E-state index contributed by atoms with van der Waals surface area (Å²) < 4.78 is 39.9. The second-order valence-electron chi connectivity index (χ2n) is 5.32. The Kier molecular flexibility index (Phi) is 4.26. The van der Waals surface area contributed by atoms with Gasteiger partial charge >= 0.3 is 0 Å². The minimum atomic E-state index is -3.53. The summed E-state index contributed by atoms with van der Waals surface area (Å²) in [7, 11) is -3.53. The van der Waals surface area contributed by atoms with Crippen LogP contribution in [0.15, 0.2) is 29.2 Å². The molecule has 0 bridgehead atoms. The molecule has 5 heteroatoms. The van der Waals surface area contributed by atoms with Crippen LogP contribution in [-0.4, -0.2) is 24.8 Å². The minimum Gasteiger partial charge on any atom is -0.207 e. The number of rotatable bonds is 4. The molecule has 0 N–H and O–H groups in total. The van der Waals surface area contributed by atoms with Gasteiger partial charge in [-0.05, 0) is 51.0 Å². The molecule has 0 saturated heterocycles. The molecular formula is C14H20FNO2S. The molecule has 2 rings (SSSR count). The summed E-state index contributed by atoms with van der Waals surface area (Å²) >= 11 is 0. The van der Waals surface area contributed by atoms with Crippen molar-refractivity contribution in [1.82, 2.24) is 4.31 Å². The Morgan fingerprint density at radius 1 is 1.16 bits per heavy atom. The third-order valence-corrected chi connectivity index (χ3v) is 5.73. The van der Waals surface area contributed by atoms with Crippen molar-refractivity contribution >= 4 is 10.0 Å². The lowest BCUT2D eigenvalue weighted by Crippen LogP contribution is -2.43. The van der Waals surface area contributed by atoms with E-state index in [2.05, 4.69) is 0 Å². The van der Waals surface area contributed by atoms with E-state index in [1.807, 2.05) is 13.8 Å². The first-order chi connectivity index (χ1) is 8.93. The molecule has 1 fully saturated rings. The van der Waals surface area contributed by atoms with Gasteiger partial charge in [0.2, 0.25) is 10.0 Å². The van der Waals surface area contributed by atoms with E-state index < -0.39 is 15.8 Å². The van der Waals surface area contributed by atoms with Crippen LogP contribution in [0, 0.1) is 5.82 Å². The van der Waals surface area contributed by atoms with Crippen LogP contribution in [0.2, 0.25) is 0 Å². The van der Waals surface area contributed by atoms with Gasteiger partial charge in [-0.15, -0.1) is 0 Å². The van der Waals surface area contributed by atoms with Gasteiger partial charge in [-0.2, -0.15) is 4.31 Å². The molecule has 0 aliphatic heterocycles. The van der Waals surface area contributed by atoms with E-state index in [4.69, 9.17) is 0 Å². The van der Waals surface area contributed by atoms with Gasteiger partial charge < -0.3 is 0 Å². The van der Waals surface area contributed by atoms with Gasteiger partial charge in [0.25, 0.3) is 0 Å². The zero-order valence-corrected chi connectivity index (χ0v) is 12.2. The predicted octanol–water partition coefficient (Wildman–Crippen LogP) is 3.17. The van der Waals surface area contributed by atoms with Gasteiger partial charge in [0.15, 0.2) is 0 Å². The van der Waals surface area contributed by atoms with Crippen molar-refractivity contribution in [3.05, 3.63) is 30.1 Å². The zero-order valence-electron chi connectivity index (χ0n) is 11.3. The maximum absolute atomic E-state index is 12.9. The summed E-state index contributed by atoms with van der Waals surface area (Å²) in [5.41, 5.74) is 0. The summed E-state index contributed by atoms with van der Waals surface area (Å²) in [4.78, 5) is 0.175. The summed E-state index contributed by atoms with van der Waals surface area (Å²) in [6.07, 6.45) is 3.98. The van der Waals surface area contributed by atoms with E-state index in [9.17, 15) is 12.8 Å². The molecule has 0 heterocycles. The first-order valence-electron chi connectivity index (χ1n) is 6.72. The van der Waals surface area contributed by atoms with Crippen LogP contribution in [0.4, 0.5) is 4.39 Å². The standard InChI is InChI=1S/C14H20FNO2S/c1-11(2)16(13-5-3-4-6-13)19(17,18)14-9-7-12(15)8-10-14/h7-11,13H,3-6H2,1-2H3. The third-order valence-electron chi connectivity index (χ3n) is 3.58. The molecule has 0 spiro atoms. The first-order valence-corrected chi connectivity index (χ1v) is 8.16. The number of halogens is 1. The molecular weight excluding hydrogens is 265 g/mol. The molecule has 1 aliphatic rings. The normalized spacial score (nSPS) is 17.5. The van der Waals surface area contributed by atoms with Crippen molar-refractivity contribution in [2.24, 2.45) is 0 Å². The summed E-state index contributed by atoms with van der Waals surface area (Å²) in [6, 6.07) is 5.07. The van der Waals surface area contributed by atoms with Gasteiger partial charge in [-0.1, -0.05) is 12.8 Å². The van der Waals surface area contributed by atoms with Crippen LogP contribution in [0.5, 0.6) is 0 Å². The van der Waals surface area contributed by atoms with Gasteiger partial charge in [-0.3, -0.25) is 0 Å². The van der Waals surface area contributed by atoms with Crippen LogP contribution >= 0.6 is 0 Å². The highest BCUT2D eigenvalue weighted by Crippen LogP contribution is 2.30. The Labute approximate surface area is 114 Å². The fourth-order valence-electron chi connectivity index (χ4n) is 2.78. The fraction of sp³-hybridized carbons (Fsp3) is 0.571. The number of sulfonamides is 1. The van der Waals surface area contributed by atoms with Gasteiger partial charge in [0.05, 0.1) is 4.90 Å². The van der Waals surface area contributed by atoms with Crippen molar-refractivity contribution in [3.8, 4) is 0 Å². The second kappa shape index (κ2) is 5.59. The molecule has 1 aromatic carbocycles. The molecule has 106 valence electrons. The summed E-state index contributed by atoms with van der Waals surface area (Å²) in [6.45, 7) is 3.78. The largest absolute Gasteiger partial charge is 0.243 e. The number of hydrogen-bond acceptors (Lipinski definition) is 2. The number of hydrogen-bond donors (Lipinski definition) is 0. The zero-order chi connectivity index (χ0) is 14.0. The molecule has 0 atom stereocenters. The molecule has 0 unspecified atom stereocenters. The van der Waals surface area contributed by atoms with Crippen molar-refractivity contribution in [2.75, 3.05) is 0 Å². The maximum atomic E-state index is 12.9. The lowest BCUT2D eigenvalue weighted by molar-refractivity contribution is 0.275. The Balaban J connectivity index is 2.36. The third kappa shape index (κ3) is 2.98. The summed E-state index contributed by atoms with van der Waals surface area (Å²) in [5, 5.41) is 0. The maximum Gasteiger partial charge on any atom is 0.243 e. The summed E-state index contributed by atoms with van der Waals surface area (Å²) in [5.74, 6) is -0.420. The van der Waals surface area contributed by atoms with Crippen molar-refractivity contribution < 1.29 is 12.8 Å².